The van der Waals surface area contributed by atoms with Gasteiger partial charge in [0.2, 0.25) is 0 Å². The van der Waals surface area contributed by atoms with Crippen molar-refractivity contribution in [3.63, 3.8) is 0 Å². The molecule has 1 saturated carbocycles. The Morgan fingerprint density at radius 1 is 0.938 bits per heavy atom. The normalized spacial score (nSPS) is 22.6. The summed E-state index contributed by atoms with van der Waals surface area (Å²) in [6.45, 7) is 0. The Labute approximate surface area is 93.2 Å². The Kier molecular flexibility index (Phi) is 3.54. The third kappa shape index (κ3) is 1.90. The number of carboxylic acid groups (broad SMARTS) is 2. The zero-order chi connectivity index (χ0) is 12.4. The van der Waals surface area contributed by atoms with Crippen molar-refractivity contribution in [1.82, 2.24) is 0 Å². The van der Waals surface area contributed by atoms with E-state index in [9.17, 15) is 9.59 Å². The Hall–Kier alpha value is -1.14. The molecule has 1 rings (SSSR count). The Balaban J connectivity index is 2.86. The van der Waals surface area contributed by atoms with E-state index in [-0.39, 0.29) is 25.7 Å². The Morgan fingerprint density at radius 3 is 1.56 bits per heavy atom. The van der Waals surface area contributed by atoms with Crippen LogP contribution in [-0.4, -0.2) is 42.2 Å². The molecule has 0 saturated heterocycles. The van der Waals surface area contributed by atoms with Gasteiger partial charge in [0.25, 0.3) is 0 Å². The maximum absolute atomic E-state index is 11.0. The van der Waals surface area contributed by atoms with Gasteiger partial charge in [0.05, 0.1) is 0 Å². The van der Waals surface area contributed by atoms with E-state index in [2.05, 4.69) is 0 Å². The Morgan fingerprint density at radius 2 is 1.31 bits per heavy atom. The molecule has 6 nitrogen and oxygen atoms in total. The lowest BCUT2D eigenvalue weighted by Crippen LogP contribution is -2.49. The number of carboxylic acids is 2. The van der Waals surface area contributed by atoms with Crippen molar-refractivity contribution in [2.75, 3.05) is 14.2 Å². The lowest BCUT2D eigenvalue weighted by molar-refractivity contribution is -0.236. The SMILES string of the molecule is COC1(OC)CCC(C(=O)O)(C(=O)O)CC1. The van der Waals surface area contributed by atoms with E-state index in [4.69, 9.17) is 19.7 Å². The van der Waals surface area contributed by atoms with Crippen molar-refractivity contribution < 1.29 is 29.3 Å². The van der Waals surface area contributed by atoms with Gasteiger partial charge in [0.1, 0.15) is 0 Å². The average molecular weight is 232 g/mol. The van der Waals surface area contributed by atoms with Gasteiger partial charge in [-0.15, -0.1) is 0 Å². The van der Waals surface area contributed by atoms with Crippen LogP contribution in [0.25, 0.3) is 0 Å². The minimum atomic E-state index is -1.69. The number of methoxy groups -OCH3 is 2. The molecule has 0 atom stereocenters. The highest BCUT2D eigenvalue weighted by atomic mass is 16.7. The highest BCUT2D eigenvalue weighted by molar-refractivity contribution is 5.98. The monoisotopic (exact) mass is 232 g/mol. The molecule has 0 aromatic carbocycles. The first-order chi connectivity index (χ1) is 7.42. The van der Waals surface area contributed by atoms with Gasteiger partial charge < -0.3 is 19.7 Å². The summed E-state index contributed by atoms with van der Waals surface area (Å²) in [6, 6.07) is 0. The second kappa shape index (κ2) is 4.39. The third-order valence-corrected chi connectivity index (χ3v) is 3.43. The molecule has 0 aliphatic heterocycles. The molecule has 0 unspecified atom stereocenters. The molecule has 0 aromatic rings. The minimum absolute atomic E-state index is 0.0132. The number of hydrogen-bond acceptors (Lipinski definition) is 4. The zero-order valence-corrected chi connectivity index (χ0v) is 9.36. The highest BCUT2D eigenvalue weighted by Gasteiger charge is 2.53. The summed E-state index contributed by atoms with van der Waals surface area (Å²) < 4.78 is 10.3. The first-order valence-corrected chi connectivity index (χ1v) is 4.99. The molecule has 6 heteroatoms. The van der Waals surface area contributed by atoms with Crippen molar-refractivity contribution >= 4 is 11.9 Å². The predicted octanol–water partition coefficient (Wildman–Crippen LogP) is 0.705. The van der Waals surface area contributed by atoms with Crippen molar-refractivity contribution in [2.24, 2.45) is 5.41 Å². The molecular formula is C10H16O6. The van der Waals surface area contributed by atoms with Crippen LogP contribution in [0.5, 0.6) is 0 Å². The third-order valence-electron chi connectivity index (χ3n) is 3.43. The summed E-state index contributed by atoms with van der Waals surface area (Å²) in [5.74, 6) is -3.42. The molecule has 92 valence electrons. The first kappa shape index (κ1) is 12.9. The first-order valence-electron chi connectivity index (χ1n) is 4.99. The molecular weight excluding hydrogens is 216 g/mol. The van der Waals surface area contributed by atoms with E-state index in [1.807, 2.05) is 0 Å². The predicted molar refractivity (Wildman–Crippen MR) is 52.9 cm³/mol. The number of ether oxygens (including phenoxy) is 2. The van der Waals surface area contributed by atoms with E-state index in [1.165, 1.54) is 14.2 Å². The van der Waals surface area contributed by atoms with Gasteiger partial charge in [-0.1, -0.05) is 0 Å². The van der Waals surface area contributed by atoms with E-state index >= 15 is 0 Å². The van der Waals surface area contributed by atoms with Crippen LogP contribution >= 0.6 is 0 Å². The van der Waals surface area contributed by atoms with Crippen molar-refractivity contribution in [3.05, 3.63) is 0 Å². The summed E-state index contributed by atoms with van der Waals surface area (Å²) in [5.41, 5.74) is -1.69. The number of aliphatic carboxylic acids is 2. The topological polar surface area (TPSA) is 93.1 Å². The molecule has 0 bridgehead atoms. The summed E-state index contributed by atoms with van der Waals surface area (Å²) in [4.78, 5) is 22.1. The van der Waals surface area contributed by atoms with E-state index in [0.29, 0.717) is 0 Å². The maximum Gasteiger partial charge on any atom is 0.321 e. The largest absolute Gasteiger partial charge is 0.480 e. The summed E-state index contributed by atoms with van der Waals surface area (Å²) in [6.07, 6.45) is 0.551. The van der Waals surface area contributed by atoms with Crippen molar-refractivity contribution in [2.45, 2.75) is 31.5 Å². The van der Waals surface area contributed by atoms with Gasteiger partial charge in [0.15, 0.2) is 11.2 Å². The molecule has 0 aromatic heterocycles. The minimum Gasteiger partial charge on any atom is -0.480 e. The fourth-order valence-corrected chi connectivity index (χ4v) is 2.07. The van der Waals surface area contributed by atoms with Gasteiger partial charge >= 0.3 is 11.9 Å². The molecule has 0 amide bonds. The van der Waals surface area contributed by atoms with Gasteiger partial charge in [-0.25, -0.2) is 0 Å². The second-order valence-corrected chi connectivity index (χ2v) is 4.01. The number of hydrogen-bond donors (Lipinski definition) is 2. The lowest BCUT2D eigenvalue weighted by atomic mass is 9.72. The smallest absolute Gasteiger partial charge is 0.321 e. The van der Waals surface area contributed by atoms with Gasteiger partial charge in [-0.3, -0.25) is 9.59 Å². The second-order valence-electron chi connectivity index (χ2n) is 4.01. The molecule has 0 radical (unpaired) electrons. The Bertz CT molecular complexity index is 268. The van der Waals surface area contributed by atoms with Gasteiger partial charge in [-0.2, -0.15) is 0 Å². The summed E-state index contributed by atoms with van der Waals surface area (Å²) in [7, 11) is 2.94. The van der Waals surface area contributed by atoms with Gasteiger partial charge in [0, 0.05) is 27.1 Å². The van der Waals surface area contributed by atoms with E-state index < -0.39 is 23.1 Å². The van der Waals surface area contributed by atoms with Crippen LogP contribution in [0.3, 0.4) is 0 Å². The number of carbonyl (C=O) groups is 2. The maximum atomic E-state index is 11.0. The van der Waals surface area contributed by atoms with Crippen LogP contribution < -0.4 is 0 Å². The van der Waals surface area contributed by atoms with E-state index in [0.717, 1.165) is 0 Å². The summed E-state index contributed by atoms with van der Waals surface area (Å²) >= 11 is 0. The van der Waals surface area contributed by atoms with E-state index in [1.54, 1.807) is 0 Å². The fraction of sp³-hybridized carbons (Fsp3) is 0.800. The quantitative estimate of drug-likeness (QED) is 0.547. The van der Waals surface area contributed by atoms with Crippen LogP contribution in [0, 0.1) is 5.41 Å². The fourth-order valence-electron chi connectivity index (χ4n) is 2.07. The van der Waals surface area contributed by atoms with Crippen LogP contribution in [0.4, 0.5) is 0 Å². The molecule has 1 fully saturated rings. The molecule has 0 spiro atoms. The lowest BCUT2D eigenvalue weighted by Gasteiger charge is -2.40. The van der Waals surface area contributed by atoms with Gasteiger partial charge in [-0.05, 0) is 12.8 Å². The van der Waals surface area contributed by atoms with Crippen LogP contribution in [0.1, 0.15) is 25.7 Å². The molecule has 2 N–H and O–H groups in total. The molecule has 0 heterocycles. The average Bonchev–Trinajstić information content (AvgIpc) is 2.28. The zero-order valence-electron chi connectivity index (χ0n) is 9.36. The van der Waals surface area contributed by atoms with Crippen LogP contribution in [0.2, 0.25) is 0 Å². The van der Waals surface area contributed by atoms with Crippen LogP contribution in [0.15, 0.2) is 0 Å². The molecule has 16 heavy (non-hydrogen) atoms. The molecule has 1 aliphatic carbocycles. The molecule has 1 aliphatic rings. The number of rotatable bonds is 4. The standard InChI is InChI=1S/C10H16O6/c1-15-10(16-2)5-3-9(4-6-10,7(11)12)8(13)14/h3-6H2,1-2H3,(H,11,12)(H,13,14). The summed E-state index contributed by atoms with van der Waals surface area (Å²) in [5, 5.41) is 18.0. The van der Waals surface area contributed by atoms with Crippen LogP contribution in [-0.2, 0) is 19.1 Å². The van der Waals surface area contributed by atoms with Crippen molar-refractivity contribution in [1.29, 1.82) is 0 Å². The van der Waals surface area contributed by atoms with Crippen molar-refractivity contribution in [3.8, 4) is 0 Å². The highest BCUT2D eigenvalue weighted by Crippen LogP contribution is 2.43.